The van der Waals surface area contributed by atoms with E-state index in [0.29, 0.717) is 53.7 Å². The molecular weight excluding hydrogens is 592 g/mol. The van der Waals surface area contributed by atoms with E-state index in [0.717, 1.165) is 31.2 Å². The van der Waals surface area contributed by atoms with Gasteiger partial charge in [0.1, 0.15) is 23.3 Å². The maximum Gasteiger partial charge on any atom is 0.305 e. The van der Waals surface area contributed by atoms with Crippen LogP contribution in [0.3, 0.4) is 0 Å². The van der Waals surface area contributed by atoms with Crippen LogP contribution in [-0.4, -0.2) is 40.4 Å². The standard InChI is InChI=1S/C39H48N2O6/c1-25(2)46-30-15-11-28(12-16-30)34(24-36(43)44)40-38(45)37-33-23-32(47-31-18-13-29(14-19-31)39(3,4)5)17-10-27(33)20-21-41(37)35(42)22-26-8-6-7-9-26/h10-19,23,25-26,34,37H,6-9,20-22,24H2,1-5H3,(H,40,45)(H,43,44). The van der Waals surface area contributed by atoms with Gasteiger partial charge in [-0.2, -0.15) is 0 Å². The van der Waals surface area contributed by atoms with Crippen molar-refractivity contribution in [3.63, 3.8) is 0 Å². The Kier molecular flexibility index (Phi) is 10.6. The Morgan fingerprint density at radius 2 is 1.55 bits per heavy atom. The normalized spacial score (nSPS) is 17.2. The number of carboxylic acids is 1. The maximum absolute atomic E-state index is 14.3. The summed E-state index contributed by atoms with van der Waals surface area (Å²) in [5, 5.41) is 12.8. The van der Waals surface area contributed by atoms with Crippen molar-refractivity contribution in [2.75, 3.05) is 6.54 Å². The van der Waals surface area contributed by atoms with Crippen LogP contribution >= 0.6 is 0 Å². The number of rotatable bonds is 11. The fourth-order valence-electron chi connectivity index (χ4n) is 6.67. The second kappa shape index (κ2) is 14.6. The quantitative estimate of drug-likeness (QED) is 0.221. The van der Waals surface area contributed by atoms with Gasteiger partial charge in [0, 0.05) is 13.0 Å². The third-order valence-corrected chi connectivity index (χ3v) is 9.16. The molecule has 2 atom stereocenters. The first-order valence-corrected chi connectivity index (χ1v) is 16.9. The molecule has 1 aliphatic heterocycles. The van der Waals surface area contributed by atoms with Crippen molar-refractivity contribution >= 4 is 17.8 Å². The summed E-state index contributed by atoms with van der Waals surface area (Å²) in [5.41, 5.74) is 3.53. The van der Waals surface area contributed by atoms with Gasteiger partial charge in [-0.25, -0.2) is 0 Å². The molecule has 0 saturated heterocycles. The number of carbonyl (C=O) groups excluding carboxylic acids is 2. The zero-order valence-electron chi connectivity index (χ0n) is 28.3. The predicted molar refractivity (Wildman–Crippen MR) is 182 cm³/mol. The Morgan fingerprint density at radius 3 is 2.17 bits per heavy atom. The Morgan fingerprint density at radius 1 is 0.915 bits per heavy atom. The van der Waals surface area contributed by atoms with Crippen molar-refractivity contribution in [1.82, 2.24) is 10.2 Å². The van der Waals surface area contributed by atoms with Crippen LogP contribution in [0.5, 0.6) is 17.2 Å². The van der Waals surface area contributed by atoms with E-state index in [2.05, 4.69) is 38.2 Å². The predicted octanol–water partition coefficient (Wildman–Crippen LogP) is 7.90. The molecule has 5 rings (SSSR count). The van der Waals surface area contributed by atoms with Crippen LogP contribution in [0.4, 0.5) is 0 Å². The van der Waals surface area contributed by atoms with Crippen LogP contribution in [0.2, 0.25) is 0 Å². The fraction of sp³-hybridized carbons (Fsp3) is 0.462. The van der Waals surface area contributed by atoms with E-state index in [1.807, 2.05) is 44.2 Å². The van der Waals surface area contributed by atoms with Crippen molar-refractivity contribution in [1.29, 1.82) is 0 Å². The number of carbonyl (C=O) groups is 3. The van der Waals surface area contributed by atoms with Crippen molar-refractivity contribution in [3.05, 3.63) is 89.0 Å². The molecule has 2 N–H and O–H groups in total. The number of hydrogen-bond acceptors (Lipinski definition) is 5. The minimum Gasteiger partial charge on any atom is -0.491 e. The van der Waals surface area contributed by atoms with Crippen molar-refractivity contribution < 1.29 is 29.0 Å². The van der Waals surface area contributed by atoms with Crippen LogP contribution in [0.1, 0.15) is 107 Å². The molecule has 1 heterocycles. The monoisotopic (exact) mass is 640 g/mol. The highest BCUT2D eigenvalue weighted by molar-refractivity contribution is 5.90. The average molecular weight is 641 g/mol. The lowest BCUT2D eigenvalue weighted by Gasteiger charge is -2.38. The van der Waals surface area contributed by atoms with E-state index in [9.17, 15) is 19.5 Å². The van der Waals surface area contributed by atoms with Crippen LogP contribution in [0.15, 0.2) is 66.7 Å². The molecule has 0 bridgehead atoms. The van der Waals surface area contributed by atoms with Crippen molar-refractivity contribution in [2.45, 2.75) is 103 Å². The molecule has 250 valence electrons. The summed E-state index contributed by atoms with van der Waals surface area (Å²) in [5.74, 6) is 0.736. The molecule has 2 amide bonds. The van der Waals surface area contributed by atoms with Crippen LogP contribution in [0.25, 0.3) is 0 Å². The molecule has 8 heteroatoms. The molecule has 0 aromatic heterocycles. The second-order valence-electron chi connectivity index (χ2n) is 14.2. The molecule has 3 aromatic carbocycles. The molecule has 47 heavy (non-hydrogen) atoms. The number of fused-ring (bicyclic) bond motifs is 1. The summed E-state index contributed by atoms with van der Waals surface area (Å²) in [6.07, 6.45) is 5.01. The number of hydrogen-bond donors (Lipinski definition) is 2. The van der Waals surface area contributed by atoms with Crippen LogP contribution < -0.4 is 14.8 Å². The Labute approximate surface area is 278 Å². The summed E-state index contributed by atoms with van der Waals surface area (Å²) in [7, 11) is 0. The number of ether oxygens (including phenoxy) is 2. The minimum absolute atomic E-state index is 0.00814. The number of benzene rings is 3. The van der Waals surface area contributed by atoms with E-state index >= 15 is 0 Å². The Balaban J connectivity index is 1.45. The Bertz CT molecular complexity index is 1550. The summed E-state index contributed by atoms with van der Waals surface area (Å²) in [4.78, 5) is 41.8. The maximum atomic E-state index is 14.3. The first-order valence-electron chi connectivity index (χ1n) is 16.9. The minimum atomic E-state index is -1.04. The number of nitrogens with zero attached hydrogens (tertiary/aromatic N) is 1. The summed E-state index contributed by atoms with van der Waals surface area (Å²) in [6.45, 7) is 10.8. The average Bonchev–Trinajstić information content (AvgIpc) is 3.53. The van der Waals surface area contributed by atoms with Crippen LogP contribution in [-0.2, 0) is 26.2 Å². The van der Waals surface area contributed by atoms with Crippen molar-refractivity contribution in [3.8, 4) is 17.2 Å². The highest BCUT2D eigenvalue weighted by atomic mass is 16.5. The number of aliphatic carboxylic acids is 1. The van der Waals surface area contributed by atoms with E-state index in [1.165, 1.54) is 5.56 Å². The lowest BCUT2D eigenvalue weighted by Crippen LogP contribution is -2.48. The molecule has 2 unspecified atom stereocenters. The molecule has 1 saturated carbocycles. The van der Waals surface area contributed by atoms with Gasteiger partial charge in [0.2, 0.25) is 11.8 Å². The number of carboxylic acid groups (broad SMARTS) is 1. The highest BCUT2D eigenvalue weighted by Crippen LogP contribution is 2.37. The van der Waals surface area contributed by atoms with E-state index in [-0.39, 0.29) is 23.8 Å². The lowest BCUT2D eigenvalue weighted by molar-refractivity contribution is -0.143. The largest absolute Gasteiger partial charge is 0.491 e. The molecule has 0 spiro atoms. The molecule has 1 aliphatic carbocycles. The zero-order chi connectivity index (χ0) is 33.7. The molecule has 8 nitrogen and oxygen atoms in total. The zero-order valence-corrected chi connectivity index (χ0v) is 28.3. The first-order chi connectivity index (χ1) is 22.4. The van der Waals surface area contributed by atoms with Crippen molar-refractivity contribution in [2.24, 2.45) is 5.92 Å². The molecular formula is C39H48N2O6. The number of amides is 2. The third-order valence-electron chi connectivity index (χ3n) is 9.16. The first kappa shape index (κ1) is 34.0. The van der Waals surface area contributed by atoms with Gasteiger partial charge in [-0.3, -0.25) is 14.4 Å². The van der Waals surface area contributed by atoms with Gasteiger partial charge in [-0.15, -0.1) is 0 Å². The molecule has 0 radical (unpaired) electrons. The van der Waals surface area contributed by atoms with E-state index in [1.54, 1.807) is 29.2 Å². The SMILES string of the molecule is CC(C)Oc1ccc(C(CC(=O)O)NC(=O)C2c3cc(Oc4ccc(C(C)(C)C)cc4)ccc3CCN2C(=O)CC2CCCC2)cc1. The summed E-state index contributed by atoms with van der Waals surface area (Å²) in [6, 6.07) is 19.1. The smallest absolute Gasteiger partial charge is 0.305 e. The topological polar surface area (TPSA) is 105 Å². The van der Waals surface area contributed by atoms with Gasteiger partial charge in [-0.1, -0.05) is 63.9 Å². The molecule has 3 aromatic rings. The third kappa shape index (κ3) is 8.73. The van der Waals surface area contributed by atoms with Gasteiger partial charge in [0.05, 0.1) is 18.6 Å². The molecule has 2 aliphatic rings. The molecule has 1 fully saturated rings. The summed E-state index contributed by atoms with van der Waals surface area (Å²) < 4.78 is 12.0. The fourth-order valence-corrected chi connectivity index (χ4v) is 6.67. The van der Waals surface area contributed by atoms with E-state index < -0.39 is 24.0 Å². The lowest BCUT2D eigenvalue weighted by atomic mass is 9.87. The van der Waals surface area contributed by atoms with Gasteiger partial charge < -0.3 is 24.8 Å². The van der Waals surface area contributed by atoms with E-state index in [4.69, 9.17) is 9.47 Å². The van der Waals surface area contributed by atoms with Crippen LogP contribution in [0, 0.1) is 5.92 Å². The summed E-state index contributed by atoms with van der Waals surface area (Å²) >= 11 is 0. The van der Waals surface area contributed by atoms with Gasteiger partial charge >= 0.3 is 5.97 Å². The van der Waals surface area contributed by atoms with Gasteiger partial charge in [0.25, 0.3) is 0 Å². The van der Waals surface area contributed by atoms with Gasteiger partial charge in [0.15, 0.2) is 0 Å². The Hall–Kier alpha value is -4.33. The van der Waals surface area contributed by atoms with Gasteiger partial charge in [-0.05, 0) is 103 Å². The number of nitrogens with one attached hydrogen (secondary N) is 1. The second-order valence-corrected chi connectivity index (χ2v) is 14.2. The highest BCUT2D eigenvalue weighted by Gasteiger charge is 2.38.